The van der Waals surface area contributed by atoms with E-state index in [9.17, 15) is 5.11 Å². The van der Waals surface area contributed by atoms with Crippen molar-refractivity contribution in [2.75, 3.05) is 7.11 Å². The van der Waals surface area contributed by atoms with Gasteiger partial charge in [-0.25, -0.2) is 4.98 Å². The molecule has 0 bridgehead atoms. The Morgan fingerprint density at radius 3 is 2.93 bits per heavy atom. The van der Waals surface area contributed by atoms with Crippen LogP contribution in [0.25, 0.3) is 11.0 Å². The number of ether oxygens (including phenoxy) is 1. The van der Waals surface area contributed by atoms with Crippen molar-refractivity contribution in [1.29, 1.82) is 0 Å². The quantitative estimate of drug-likeness (QED) is 0.760. The molecule has 0 saturated heterocycles. The minimum absolute atomic E-state index is 0.576. The van der Waals surface area contributed by atoms with E-state index in [-0.39, 0.29) is 0 Å². The van der Waals surface area contributed by atoms with Crippen molar-refractivity contribution in [2.24, 2.45) is 0 Å². The molecular weight excluding hydrogens is 180 g/mol. The topological polar surface area (TPSA) is 58.1 Å². The highest BCUT2D eigenvalue weighted by Crippen LogP contribution is 2.20. The Bertz CT molecular complexity index is 448. The lowest BCUT2D eigenvalue weighted by Crippen LogP contribution is -1.92. The van der Waals surface area contributed by atoms with Crippen molar-refractivity contribution in [3.63, 3.8) is 0 Å². The normalized spacial score (nSPS) is 13.1. The fourth-order valence-electron chi connectivity index (χ4n) is 1.33. The molecule has 0 aliphatic rings. The Balaban J connectivity index is 2.54. The van der Waals surface area contributed by atoms with Gasteiger partial charge in [-0.05, 0) is 19.1 Å². The molecule has 1 aromatic heterocycles. The highest BCUT2D eigenvalue weighted by molar-refractivity contribution is 5.76. The molecule has 0 radical (unpaired) electrons. The van der Waals surface area contributed by atoms with E-state index in [4.69, 9.17) is 4.74 Å². The number of aromatic amines is 1. The summed E-state index contributed by atoms with van der Waals surface area (Å²) in [5, 5.41) is 9.33. The molecule has 0 amide bonds. The SMILES string of the molecule is COc1ccc2nc(C(C)O)[nH]c2c1. The van der Waals surface area contributed by atoms with Gasteiger partial charge in [-0.3, -0.25) is 0 Å². The van der Waals surface area contributed by atoms with E-state index in [1.165, 1.54) is 0 Å². The molecule has 0 fully saturated rings. The molecule has 74 valence electrons. The molecule has 2 rings (SSSR count). The van der Waals surface area contributed by atoms with E-state index >= 15 is 0 Å². The van der Waals surface area contributed by atoms with Crippen molar-refractivity contribution < 1.29 is 9.84 Å². The Morgan fingerprint density at radius 2 is 2.29 bits per heavy atom. The molecule has 1 unspecified atom stereocenters. The number of aromatic nitrogens is 2. The Hall–Kier alpha value is -1.55. The number of nitrogens with zero attached hydrogens (tertiary/aromatic N) is 1. The Labute approximate surface area is 81.5 Å². The highest BCUT2D eigenvalue weighted by Gasteiger charge is 2.07. The molecule has 0 aliphatic carbocycles. The van der Waals surface area contributed by atoms with E-state index in [2.05, 4.69) is 9.97 Å². The zero-order chi connectivity index (χ0) is 10.1. The van der Waals surface area contributed by atoms with Crippen LogP contribution in [0, 0.1) is 0 Å². The standard InChI is InChI=1S/C10H12N2O2/c1-6(13)10-11-8-4-3-7(14-2)5-9(8)12-10/h3-6,13H,1-2H3,(H,11,12). The van der Waals surface area contributed by atoms with Crippen LogP contribution in [0.4, 0.5) is 0 Å². The van der Waals surface area contributed by atoms with E-state index in [1.54, 1.807) is 14.0 Å². The van der Waals surface area contributed by atoms with Crippen molar-refractivity contribution in [2.45, 2.75) is 13.0 Å². The molecule has 0 saturated carbocycles. The number of hydrogen-bond acceptors (Lipinski definition) is 3. The van der Waals surface area contributed by atoms with Gasteiger partial charge in [0.1, 0.15) is 17.7 Å². The third-order valence-electron chi connectivity index (χ3n) is 2.10. The van der Waals surface area contributed by atoms with Crippen molar-refractivity contribution in [3.05, 3.63) is 24.0 Å². The van der Waals surface area contributed by atoms with Crippen LogP contribution < -0.4 is 4.74 Å². The number of hydrogen-bond donors (Lipinski definition) is 2. The van der Waals surface area contributed by atoms with Gasteiger partial charge in [0, 0.05) is 6.07 Å². The van der Waals surface area contributed by atoms with Gasteiger partial charge in [-0.15, -0.1) is 0 Å². The van der Waals surface area contributed by atoms with Crippen molar-refractivity contribution in [1.82, 2.24) is 9.97 Å². The number of methoxy groups -OCH3 is 1. The zero-order valence-corrected chi connectivity index (χ0v) is 8.11. The van der Waals surface area contributed by atoms with Gasteiger partial charge in [0.15, 0.2) is 0 Å². The number of rotatable bonds is 2. The van der Waals surface area contributed by atoms with Gasteiger partial charge < -0.3 is 14.8 Å². The van der Waals surface area contributed by atoms with E-state index in [1.807, 2.05) is 18.2 Å². The third-order valence-corrected chi connectivity index (χ3v) is 2.10. The van der Waals surface area contributed by atoms with Crippen LogP contribution in [0.2, 0.25) is 0 Å². The van der Waals surface area contributed by atoms with Gasteiger partial charge >= 0.3 is 0 Å². The summed E-state index contributed by atoms with van der Waals surface area (Å²) in [5.74, 6) is 1.35. The van der Waals surface area contributed by atoms with Crippen LogP contribution in [0.1, 0.15) is 18.9 Å². The smallest absolute Gasteiger partial charge is 0.135 e. The van der Waals surface area contributed by atoms with E-state index in [0.717, 1.165) is 16.8 Å². The molecule has 0 spiro atoms. The molecule has 1 aromatic carbocycles. The maximum atomic E-state index is 9.33. The predicted molar refractivity (Wildman–Crippen MR) is 53.3 cm³/mol. The average molecular weight is 192 g/mol. The largest absolute Gasteiger partial charge is 0.497 e. The summed E-state index contributed by atoms with van der Waals surface area (Å²) in [5.41, 5.74) is 1.71. The first-order valence-electron chi connectivity index (χ1n) is 4.42. The second-order valence-corrected chi connectivity index (χ2v) is 3.18. The monoisotopic (exact) mass is 192 g/mol. The lowest BCUT2D eigenvalue weighted by Gasteiger charge is -1.97. The van der Waals surface area contributed by atoms with Gasteiger partial charge in [0.25, 0.3) is 0 Å². The van der Waals surface area contributed by atoms with Gasteiger partial charge in [-0.2, -0.15) is 0 Å². The molecule has 1 heterocycles. The molecule has 4 heteroatoms. The maximum absolute atomic E-state index is 9.33. The van der Waals surface area contributed by atoms with E-state index < -0.39 is 6.10 Å². The minimum atomic E-state index is -0.576. The van der Waals surface area contributed by atoms with E-state index in [0.29, 0.717) is 5.82 Å². The molecule has 4 nitrogen and oxygen atoms in total. The van der Waals surface area contributed by atoms with Crippen LogP contribution in [-0.2, 0) is 0 Å². The number of H-pyrrole nitrogens is 1. The molecule has 2 N–H and O–H groups in total. The number of nitrogens with one attached hydrogen (secondary N) is 1. The maximum Gasteiger partial charge on any atom is 0.135 e. The number of benzene rings is 1. The summed E-state index contributed by atoms with van der Waals surface area (Å²) in [6.07, 6.45) is -0.576. The fourth-order valence-corrected chi connectivity index (χ4v) is 1.33. The summed E-state index contributed by atoms with van der Waals surface area (Å²) in [7, 11) is 1.62. The third kappa shape index (κ3) is 1.44. The van der Waals surface area contributed by atoms with Gasteiger partial charge in [-0.1, -0.05) is 0 Å². The second-order valence-electron chi connectivity index (χ2n) is 3.18. The molecule has 0 aliphatic heterocycles. The Kier molecular flexibility index (Phi) is 2.13. The molecule has 1 atom stereocenters. The Morgan fingerprint density at radius 1 is 1.50 bits per heavy atom. The lowest BCUT2D eigenvalue weighted by atomic mass is 10.3. The number of aliphatic hydroxyl groups excluding tert-OH is 1. The predicted octanol–water partition coefficient (Wildman–Crippen LogP) is 1.62. The average Bonchev–Trinajstić information content (AvgIpc) is 2.59. The summed E-state index contributed by atoms with van der Waals surface area (Å²) < 4.78 is 5.08. The summed E-state index contributed by atoms with van der Waals surface area (Å²) in [4.78, 5) is 7.26. The molecule has 2 aromatic rings. The van der Waals surface area contributed by atoms with Crippen molar-refractivity contribution >= 4 is 11.0 Å². The first-order chi connectivity index (χ1) is 6.70. The summed E-state index contributed by atoms with van der Waals surface area (Å²) in [6.45, 7) is 1.68. The first kappa shape index (κ1) is 9.02. The van der Waals surface area contributed by atoms with Crippen LogP contribution in [0.5, 0.6) is 5.75 Å². The van der Waals surface area contributed by atoms with Crippen LogP contribution in [-0.4, -0.2) is 22.2 Å². The number of fused-ring (bicyclic) bond motifs is 1. The van der Waals surface area contributed by atoms with Crippen molar-refractivity contribution in [3.8, 4) is 5.75 Å². The molecule has 14 heavy (non-hydrogen) atoms. The lowest BCUT2D eigenvalue weighted by molar-refractivity contribution is 0.190. The van der Waals surface area contributed by atoms with Crippen LogP contribution in [0.3, 0.4) is 0 Å². The molecular formula is C10H12N2O2. The minimum Gasteiger partial charge on any atom is -0.497 e. The number of imidazole rings is 1. The summed E-state index contributed by atoms with van der Waals surface area (Å²) >= 11 is 0. The van der Waals surface area contributed by atoms with Gasteiger partial charge in [0.2, 0.25) is 0 Å². The summed E-state index contributed by atoms with van der Waals surface area (Å²) in [6, 6.07) is 5.56. The highest BCUT2D eigenvalue weighted by atomic mass is 16.5. The first-order valence-corrected chi connectivity index (χ1v) is 4.42. The number of aliphatic hydroxyl groups is 1. The zero-order valence-electron chi connectivity index (χ0n) is 8.11. The second kappa shape index (κ2) is 3.31. The van der Waals surface area contributed by atoms with Crippen LogP contribution in [0.15, 0.2) is 18.2 Å². The van der Waals surface area contributed by atoms with Gasteiger partial charge in [0.05, 0.1) is 18.1 Å². The fraction of sp³-hybridized carbons (Fsp3) is 0.300. The van der Waals surface area contributed by atoms with Crippen LogP contribution >= 0.6 is 0 Å².